The van der Waals surface area contributed by atoms with E-state index in [1.165, 1.54) is 43.6 Å². The predicted molar refractivity (Wildman–Crippen MR) is 220 cm³/mol. The van der Waals surface area contributed by atoms with Gasteiger partial charge in [-0.1, -0.05) is 133 Å². The van der Waals surface area contributed by atoms with Gasteiger partial charge in [-0.05, 0) is 122 Å². The zero-order chi connectivity index (χ0) is 35.1. The van der Waals surface area contributed by atoms with Crippen molar-refractivity contribution in [1.29, 1.82) is 0 Å². The summed E-state index contributed by atoms with van der Waals surface area (Å²) in [5.41, 5.74) is 17.6. The van der Waals surface area contributed by atoms with E-state index in [0.29, 0.717) is 5.70 Å². The molecule has 1 aliphatic rings. The van der Waals surface area contributed by atoms with Gasteiger partial charge in [-0.15, -0.1) is 0 Å². The van der Waals surface area contributed by atoms with Crippen LogP contribution in [0.4, 0.5) is 0 Å². The first-order valence-electron chi connectivity index (χ1n) is 18.0. The van der Waals surface area contributed by atoms with E-state index in [1.54, 1.807) is 0 Å². The third-order valence-electron chi connectivity index (χ3n) is 10.8. The van der Waals surface area contributed by atoms with Crippen molar-refractivity contribution in [3.05, 3.63) is 198 Å². The van der Waals surface area contributed by atoms with Gasteiger partial charge in [0, 0.05) is 29.0 Å². The van der Waals surface area contributed by atoms with Gasteiger partial charge in [0.2, 0.25) is 0 Å². The van der Waals surface area contributed by atoms with Gasteiger partial charge in [0.05, 0.1) is 5.54 Å². The van der Waals surface area contributed by atoms with Gasteiger partial charge < -0.3 is 11.1 Å². The highest BCUT2D eigenvalue weighted by Crippen LogP contribution is 2.40. The second-order valence-electron chi connectivity index (χ2n) is 13.8. The van der Waals surface area contributed by atoms with Crippen LogP contribution in [0.5, 0.6) is 0 Å². The third-order valence-corrected chi connectivity index (χ3v) is 10.8. The van der Waals surface area contributed by atoms with E-state index in [4.69, 9.17) is 5.73 Å². The minimum atomic E-state index is -0.732. The molecule has 52 heavy (non-hydrogen) atoms. The molecule has 3 nitrogen and oxygen atoms in total. The van der Waals surface area contributed by atoms with Gasteiger partial charge in [-0.25, -0.2) is 0 Å². The first-order chi connectivity index (χ1) is 25.6. The van der Waals surface area contributed by atoms with Crippen LogP contribution in [0.25, 0.3) is 66.3 Å². The third kappa shape index (κ3) is 5.47. The van der Waals surface area contributed by atoms with Gasteiger partial charge in [-0.2, -0.15) is 0 Å². The van der Waals surface area contributed by atoms with Crippen molar-refractivity contribution < 1.29 is 0 Å². The van der Waals surface area contributed by atoms with E-state index in [2.05, 4.69) is 174 Å². The topological polar surface area (TPSA) is 50.9 Å². The van der Waals surface area contributed by atoms with Crippen LogP contribution >= 0.6 is 0 Å². The van der Waals surface area contributed by atoms with Gasteiger partial charge in [0.1, 0.15) is 0 Å². The van der Waals surface area contributed by atoms with Gasteiger partial charge in [-0.3, -0.25) is 4.98 Å². The Balaban J connectivity index is 1.23. The maximum atomic E-state index is 7.21. The summed E-state index contributed by atoms with van der Waals surface area (Å²) in [6, 6.07) is 52.5. The van der Waals surface area contributed by atoms with E-state index in [1.807, 2.05) is 19.4 Å². The highest BCUT2D eigenvalue weighted by atomic mass is 14.9. The van der Waals surface area contributed by atoms with Crippen molar-refractivity contribution in [2.45, 2.75) is 18.4 Å². The lowest BCUT2D eigenvalue weighted by Gasteiger charge is -2.34. The average molecular weight is 670 g/mol. The molecule has 3 N–H and O–H groups in total. The van der Waals surface area contributed by atoms with Crippen molar-refractivity contribution in [3.8, 4) is 22.3 Å². The van der Waals surface area contributed by atoms with Gasteiger partial charge in [0.25, 0.3) is 0 Å². The lowest BCUT2D eigenvalue weighted by atomic mass is 9.78. The molecule has 0 saturated carbocycles. The molecule has 8 aromatic rings. The number of hydrogen-bond donors (Lipinski definition) is 2. The van der Waals surface area contributed by atoms with Crippen LogP contribution in [0.1, 0.15) is 34.2 Å². The molecule has 1 aliphatic carbocycles. The van der Waals surface area contributed by atoms with Crippen molar-refractivity contribution in [2.75, 3.05) is 7.05 Å². The quantitative estimate of drug-likeness (QED) is 0.166. The molecule has 250 valence electrons. The SMILES string of the molecule is CNC(/C=C(\N)c1cccc(-c2cncc3ccccc23)c1)(c1cccc(-c2cc3ccccc3c3ccccc23)c1)c1ccc2c(c1)C=CCC2. The molecule has 1 atom stereocenters. The van der Waals surface area contributed by atoms with Crippen molar-refractivity contribution in [3.63, 3.8) is 0 Å². The normalized spacial score (nSPS) is 14.1. The second kappa shape index (κ2) is 13.1. The molecule has 1 unspecified atom stereocenters. The fourth-order valence-electron chi connectivity index (χ4n) is 8.12. The number of rotatable bonds is 7. The van der Waals surface area contributed by atoms with Gasteiger partial charge in [0.15, 0.2) is 0 Å². The molecule has 0 bridgehead atoms. The zero-order valence-electron chi connectivity index (χ0n) is 29.2. The molecule has 1 aromatic heterocycles. The second-order valence-corrected chi connectivity index (χ2v) is 13.8. The number of nitrogens with one attached hydrogen (secondary N) is 1. The number of nitrogens with zero attached hydrogens (tertiary/aromatic N) is 1. The monoisotopic (exact) mass is 669 g/mol. The van der Waals surface area contributed by atoms with Crippen LogP contribution in [0.2, 0.25) is 0 Å². The Morgan fingerprint density at radius 1 is 0.635 bits per heavy atom. The number of nitrogens with two attached hydrogens (primary N) is 1. The standard InChI is InChI=1S/C49H39N3/c1-51-49(41-25-24-33-12-2-3-13-34(33)27-41,30-48(50)38-18-10-16-35(26-38)47-32-52-31-39-15-5-7-21-43(39)47)40-19-11-17-36(28-40)46-29-37-14-4-6-20-42(37)44-22-8-9-23-45(44)46/h3-11,13-32,51H,2,12,50H2,1H3/b48-30-. The highest BCUT2D eigenvalue weighted by molar-refractivity contribution is 6.13. The summed E-state index contributed by atoms with van der Waals surface area (Å²) in [5.74, 6) is 0. The molecule has 0 fully saturated rings. The molecule has 0 radical (unpaired) electrons. The van der Waals surface area contributed by atoms with Gasteiger partial charge >= 0.3 is 0 Å². The minimum Gasteiger partial charge on any atom is -0.398 e. The molecule has 0 spiro atoms. The molecule has 7 aromatic carbocycles. The Labute approximate surface area is 304 Å². The Hall–Kier alpha value is -6.29. The first kappa shape index (κ1) is 31.7. The average Bonchev–Trinajstić information content (AvgIpc) is 3.22. The van der Waals surface area contributed by atoms with Crippen molar-refractivity contribution >= 4 is 44.1 Å². The maximum Gasteiger partial charge on any atom is 0.0898 e. The molecule has 3 heteroatoms. The molecule has 0 saturated heterocycles. The van der Waals surface area contributed by atoms with Crippen LogP contribution in [-0.2, 0) is 12.0 Å². The lowest BCUT2D eigenvalue weighted by molar-refractivity contribution is 0.546. The largest absolute Gasteiger partial charge is 0.398 e. The molecule has 0 amide bonds. The fourth-order valence-corrected chi connectivity index (χ4v) is 8.12. The van der Waals surface area contributed by atoms with Crippen LogP contribution < -0.4 is 11.1 Å². The Bertz CT molecular complexity index is 2700. The highest BCUT2D eigenvalue weighted by Gasteiger charge is 2.32. The van der Waals surface area contributed by atoms with Crippen molar-refractivity contribution in [1.82, 2.24) is 10.3 Å². The summed E-state index contributed by atoms with van der Waals surface area (Å²) in [6.07, 6.45) is 12.7. The van der Waals surface area contributed by atoms with Crippen molar-refractivity contribution in [2.24, 2.45) is 5.73 Å². The lowest BCUT2D eigenvalue weighted by Crippen LogP contribution is -2.40. The number of allylic oxidation sites excluding steroid dienone is 1. The Kier molecular flexibility index (Phi) is 7.99. The summed E-state index contributed by atoms with van der Waals surface area (Å²) in [7, 11) is 2.04. The first-order valence-corrected chi connectivity index (χ1v) is 18.0. The van der Waals surface area contributed by atoms with E-state index in [-0.39, 0.29) is 0 Å². The number of aromatic nitrogens is 1. The zero-order valence-corrected chi connectivity index (χ0v) is 29.2. The number of fused-ring (bicyclic) bond motifs is 5. The Morgan fingerprint density at radius 3 is 2.19 bits per heavy atom. The van der Waals surface area contributed by atoms with E-state index in [0.717, 1.165) is 51.6 Å². The predicted octanol–water partition coefficient (Wildman–Crippen LogP) is 11.3. The van der Waals surface area contributed by atoms with E-state index >= 15 is 0 Å². The smallest absolute Gasteiger partial charge is 0.0898 e. The van der Waals surface area contributed by atoms with E-state index in [9.17, 15) is 0 Å². The number of aryl methyl sites for hydroxylation is 1. The Morgan fingerprint density at radius 2 is 1.35 bits per heavy atom. The number of likely N-dealkylation sites (N-methyl/N-ethyl adjacent to an activating group) is 1. The summed E-state index contributed by atoms with van der Waals surface area (Å²) in [4.78, 5) is 4.56. The fraction of sp³-hybridized carbons (Fsp3) is 0.0816. The molecular weight excluding hydrogens is 631 g/mol. The van der Waals surface area contributed by atoms with Crippen LogP contribution in [-0.4, -0.2) is 12.0 Å². The van der Waals surface area contributed by atoms with E-state index < -0.39 is 5.54 Å². The summed E-state index contributed by atoms with van der Waals surface area (Å²) < 4.78 is 0. The maximum absolute atomic E-state index is 7.21. The summed E-state index contributed by atoms with van der Waals surface area (Å²) >= 11 is 0. The molecule has 1 heterocycles. The van der Waals surface area contributed by atoms with Crippen LogP contribution in [0.3, 0.4) is 0 Å². The van der Waals surface area contributed by atoms with Crippen LogP contribution in [0.15, 0.2) is 170 Å². The number of pyridine rings is 1. The number of hydrogen-bond acceptors (Lipinski definition) is 3. The summed E-state index contributed by atoms with van der Waals surface area (Å²) in [5, 5.41) is 11.1. The number of benzene rings is 7. The molecular formula is C49H39N3. The molecule has 9 rings (SSSR count). The minimum absolute atomic E-state index is 0.694. The molecule has 0 aliphatic heterocycles. The summed E-state index contributed by atoms with van der Waals surface area (Å²) in [6.45, 7) is 0. The van der Waals surface area contributed by atoms with Crippen LogP contribution in [0, 0.1) is 0 Å².